The third kappa shape index (κ3) is 3.40. The molecule has 3 N–H and O–H groups in total. The number of nitrogens with one attached hydrogen (secondary N) is 1. The number of carboxylic acids is 1. The fourth-order valence-electron chi connectivity index (χ4n) is 2.90. The van der Waals surface area contributed by atoms with Gasteiger partial charge < -0.3 is 25.2 Å². The van der Waals surface area contributed by atoms with Crippen LogP contribution < -0.4 is 5.32 Å². The molecule has 0 aliphatic carbocycles. The zero-order valence-electron chi connectivity index (χ0n) is 11.5. The molecule has 114 valence electrons. The van der Waals surface area contributed by atoms with Crippen molar-refractivity contribution < 1.29 is 24.5 Å². The second kappa shape index (κ2) is 6.90. The number of carbonyl (C=O) groups excluding carboxylic acids is 1. The molecule has 3 atom stereocenters. The third-order valence-electron chi connectivity index (χ3n) is 4.06. The molecule has 7 heteroatoms. The zero-order chi connectivity index (χ0) is 14.5. The highest BCUT2D eigenvalue weighted by Crippen LogP contribution is 2.21. The summed E-state index contributed by atoms with van der Waals surface area (Å²) in [5.74, 6) is -1.63. The predicted octanol–water partition coefficient (Wildman–Crippen LogP) is 0.0325. The molecule has 3 unspecified atom stereocenters. The number of likely N-dealkylation sites (tertiary alicyclic amines) is 1. The molecule has 0 radical (unpaired) electrons. The van der Waals surface area contributed by atoms with Crippen LogP contribution in [-0.2, 0) is 9.53 Å². The van der Waals surface area contributed by atoms with Gasteiger partial charge in [-0.1, -0.05) is 0 Å². The highest BCUT2D eigenvalue weighted by Gasteiger charge is 2.37. The van der Waals surface area contributed by atoms with Crippen molar-refractivity contribution >= 4 is 12.0 Å². The van der Waals surface area contributed by atoms with Crippen molar-refractivity contribution in [2.24, 2.45) is 5.92 Å². The number of piperidine rings is 1. The van der Waals surface area contributed by atoms with E-state index in [1.165, 1.54) is 0 Å². The van der Waals surface area contributed by atoms with Crippen LogP contribution >= 0.6 is 0 Å². The summed E-state index contributed by atoms with van der Waals surface area (Å²) in [4.78, 5) is 25.1. The minimum atomic E-state index is -0.946. The van der Waals surface area contributed by atoms with Crippen molar-refractivity contribution in [2.45, 2.75) is 37.8 Å². The summed E-state index contributed by atoms with van der Waals surface area (Å²) in [6.45, 7) is 1.09. The molecule has 2 amide bonds. The largest absolute Gasteiger partial charge is 0.481 e. The fourth-order valence-corrected chi connectivity index (χ4v) is 2.90. The van der Waals surface area contributed by atoms with Gasteiger partial charge in [0.15, 0.2) is 0 Å². The van der Waals surface area contributed by atoms with Gasteiger partial charge in [-0.15, -0.1) is 0 Å². The Balaban J connectivity index is 1.94. The summed E-state index contributed by atoms with van der Waals surface area (Å²) in [7, 11) is 0. The average molecular weight is 286 g/mol. The van der Waals surface area contributed by atoms with Gasteiger partial charge in [0.05, 0.1) is 19.3 Å². The number of hydrogen-bond donors (Lipinski definition) is 3. The van der Waals surface area contributed by atoms with Crippen LogP contribution in [0, 0.1) is 5.92 Å². The molecule has 0 aromatic rings. The van der Waals surface area contributed by atoms with Gasteiger partial charge in [-0.05, 0) is 25.7 Å². The van der Waals surface area contributed by atoms with E-state index in [2.05, 4.69) is 5.32 Å². The fraction of sp³-hybridized carbons (Fsp3) is 0.846. The standard InChI is InChI=1S/C13H22N2O5/c16-6-4-9-3-1-2-5-15(9)13(19)14-11-8-20-7-10(11)12(17)18/h9-11,16H,1-8H2,(H,14,19)(H,17,18). The Morgan fingerprint density at radius 1 is 1.30 bits per heavy atom. The molecule has 0 spiro atoms. The Kier molecular flexibility index (Phi) is 5.19. The van der Waals surface area contributed by atoms with Crippen LogP contribution in [0.1, 0.15) is 25.7 Å². The third-order valence-corrected chi connectivity index (χ3v) is 4.06. The van der Waals surface area contributed by atoms with Crippen LogP contribution in [0.3, 0.4) is 0 Å². The van der Waals surface area contributed by atoms with E-state index < -0.39 is 17.9 Å². The Labute approximate surface area is 117 Å². The summed E-state index contributed by atoms with van der Waals surface area (Å²) in [5, 5.41) is 20.9. The Morgan fingerprint density at radius 3 is 2.80 bits per heavy atom. The van der Waals surface area contributed by atoms with Crippen LogP contribution in [0.2, 0.25) is 0 Å². The van der Waals surface area contributed by atoms with E-state index in [0.29, 0.717) is 13.0 Å². The number of aliphatic carboxylic acids is 1. The summed E-state index contributed by atoms with van der Waals surface area (Å²) in [6, 6.07) is -0.680. The van der Waals surface area contributed by atoms with Gasteiger partial charge in [-0.2, -0.15) is 0 Å². The number of ether oxygens (including phenoxy) is 1. The topological polar surface area (TPSA) is 99.1 Å². The monoisotopic (exact) mass is 286 g/mol. The molecule has 2 saturated heterocycles. The summed E-state index contributed by atoms with van der Waals surface area (Å²) in [5.41, 5.74) is 0. The maximum absolute atomic E-state index is 12.3. The van der Waals surface area contributed by atoms with E-state index >= 15 is 0 Å². The van der Waals surface area contributed by atoms with E-state index in [1.807, 2.05) is 0 Å². The Bertz CT molecular complexity index is 361. The first-order chi connectivity index (χ1) is 9.63. The van der Waals surface area contributed by atoms with E-state index in [1.54, 1.807) is 4.90 Å². The normalized spacial score (nSPS) is 30.2. The molecule has 2 fully saturated rings. The number of amides is 2. The van der Waals surface area contributed by atoms with Gasteiger partial charge in [0.25, 0.3) is 0 Å². The lowest BCUT2D eigenvalue weighted by Gasteiger charge is -2.36. The molecule has 2 aliphatic heterocycles. The zero-order valence-corrected chi connectivity index (χ0v) is 11.5. The van der Waals surface area contributed by atoms with E-state index in [0.717, 1.165) is 19.3 Å². The molecule has 0 saturated carbocycles. The Hall–Kier alpha value is -1.34. The van der Waals surface area contributed by atoms with Gasteiger partial charge in [-0.3, -0.25) is 4.79 Å². The second-order valence-corrected chi connectivity index (χ2v) is 5.39. The number of carbonyl (C=O) groups is 2. The SMILES string of the molecule is O=C(O)C1COCC1NC(=O)N1CCCCC1CCO. The number of hydrogen-bond acceptors (Lipinski definition) is 4. The number of rotatable bonds is 4. The quantitative estimate of drug-likeness (QED) is 0.677. The molecule has 2 heterocycles. The van der Waals surface area contributed by atoms with E-state index in [-0.39, 0.29) is 31.9 Å². The van der Waals surface area contributed by atoms with Gasteiger partial charge in [0.2, 0.25) is 0 Å². The number of nitrogens with zero attached hydrogens (tertiary/aromatic N) is 1. The maximum Gasteiger partial charge on any atom is 0.317 e. The average Bonchev–Trinajstić information content (AvgIpc) is 2.88. The number of urea groups is 1. The molecule has 0 bridgehead atoms. The highest BCUT2D eigenvalue weighted by atomic mass is 16.5. The van der Waals surface area contributed by atoms with Crippen LogP contribution in [0.15, 0.2) is 0 Å². The maximum atomic E-state index is 12.3. The van der Waals surface area contributed by atoms with Crippen molar-refractivity contribution in [1.82, 2.24) is 10.2 Å². The lowest BCUT2D eigenvalue weighted by Crippen LogP contribution is -2.53. The molecule has 2 rings (SSSR count). The molecule has 20 heavy (non-hydrogen) atoms. The number of aliphatic hydroxyl groups is 1. The lowest BCUT2D eigenvalue weighted by atomic mass is 10.00. The number of aliphatic hydroxyl groups excluding tert-OH is 1. The highest BCUT2D eigenvalue weighted by molar-refractivity contribution is 5.77. The van der Waals surface area contributed by atoms with Crippen LogP contribution in [0.4, 0.5) is 4.79 Å². The van der Waals surface area contributed by atoms with E-state index in [9.17, 15) is 9.59 Å². The Morgan fingerprint density at radius 2 is 2.10 bits per heavy atom. The molecular formula is C13H22N2O5. The minimum Gasteiger partial charge on any atom is -0.481 e. The summed E-state index contributed by atoms with van der Waals surface area (Å²) < 4.78 is 5.14. The molecule has 2 aliphatic rings. The first kappa shape index (κ1) is 15.1. The lowest BCUT2D eigenvalue weighted by molar-refractivity contribution is -0.142. The van der Waals surface area contributed by atoms with Crippen LogP contribution in [0.25, 0.3) is 0 Å². The van der Waals surface area contributed by atoms with Crippen molar-refractivity contribution in [2.75, 3.05) is 26.4 Å². The first-order valence-electron chi connectivity index (χ1n) is 7.12. The van der Waals surface area contributed by atoms with Crippen molar-refractivity contribution in [3.8, 4) is 0 Å². The smallest absolute Gasteiger partial charge is 0.317 e. The first-order valence-corrected chi connectivity index (χ1v) is 7.12. The van der Waals surface area contributed by atoms with Crippen molar-refractivity contribution in [3.63, 3.8) is 0 Å². The van der Waals surface area contributed by atoms with Gasteiger partial charge >= 0.3 is 12.0 Å². The summed E-state index contributed by atoms with van der Waals surface area (Å²) >= 11 is 0. The molecule has 0 aromatic carbocycles. The van der Waals surface area contributed by atoms with Crippen LogP contribution in [-0.4, -0.2) is 65.6 Å². The van der Waals surface area contributed by atoms with Crippen molar-refractivity contribution in [1.29, 1.82) is 0 Å². The molecule has 7 nitrogen and oxygen atoms in total. The van der Waals surface area contributed by atoms with E-state index in [4.69, 9.17) is 14.9 Å². The summed E-state index contributed by atoms with van der Waals surface area (Å²) in [6.07, 6.45) is 3.45. The van der Waals surface area contributed by atoms with Gasteiger partial charge in [0, 0.05) is 19.2 Å². The predicted molar refractivity (Wildman–Crippen MR) is 70.3 cm³/mol. The van der Waals surface area contributed by atoms with Gasteiger partial charge in [0.1, 0.15) is 5.92 Å². The molecule has 0 aromatic heterocycles. The van der Waals surface area contributed by atoms with Crippen molar-refractivity contribution in [3.05, 3.63) is 0 Å². The molecular weight excluding hydrogens is 264 g/mol. The number of carboxylic acid groups (broad SMARTS) is 1. The van der Waals surface area contributed by atoms with Gasteiger partial charge in [-0.25, -0.2) is 4.79 Å². The second-order valence-electron chi connectivity index (χ2n) is 5.39. The minimum absolute atomic E-state index is 0.0411. The van der Waals surface area contributed by atoms with Crippen LogP contribution in [0.5, 0.6) is 0 Å².